The number of carbonyl (C=O) groups is 1. The van der Waals surface area contributed by atoms with Crippen LogP contribution in [0.15, 0.2) is 0 Å². The van der Waals surface area contributed by atoms with Crippen LogP contribution in [-0.2, 0) is 14.8 Å². The van der Waals surface area contributed by atoms with Gasteiger partial charge in [0.15, 0.2) is 0 Å². The summed E-state index contributed by atoms with van der Waals surface area (Å²) in [5.74, 6) is -80.8. The summed E-state index contributed by atoms with van der Waals surface area (Å²) in [6.07, 6.45) is -25.5. The molecule has 0 heterocycles. The summed E-state index contributed by atoms with van der Waals surface area (Å²) in [4.78, 5) is 10.6. The Balaban J connectivity index is 8.31. The van der Waals surface area contributed by atoms with Gasteiger partial charge in [0.1, 0.15) is 0 Å². The first-order valence-electron chi connectivity index (χ1n) is 9.64. The van der Waals surface area contributed by atoms with E-state index in [1.165, 1.54) is 0 Å². The third-order valence-corrected chi connectivity index (χ3v) is 7.05. The monoisotopic (exact) mass is 811 g/mol. The largest absolute Gasteiger partial charge is 0.478 e. The van der Waals surface area contributed by atoms with Gasteiger partial charge in [-0.15, -0.1) is 0 Å². The van der Waals surface area contributed by atoms with Crippen LogP contribution in [0.1, 0.15) is 0 Å². The molecular weight excluding hydrogens is 810 g/mol. The van der Waals surface area contributed by atoms with E-state index in [4.69, 9.17) is 5.11 Å². The highest BCUT2D eigenvalue weighted by Crippen LogP contribution is 2.66. The maximum Gasteiger partial charge on any atom is 0.461 e. The predicted octanol–water partition coefficient (Wildman–Crippen LogP) is 7.69. The van der Waals surface area contributed by atoms with E-state index < -0.39 is 97.4 Å². The second kappa shape index (κ2) is 11.0. The Bertz CT molecular complexity index is 1340. The van der Waals surface area contributed by atoms with Gasteiger partial charge in [-0.1, -0.05) is 4.31 Å². The molecule has 0 saturated heterocycles. The standard InChI is InChI=1S/C14HF28NO4S/c15-2(1(44)45,10(30,31)32)43(13(39,40)9(28,29)12(36,37)38)48(46,47)14(41,42)8(26,27)6(22,23)4(18,19)3(16,17)5(20,21)7(24,25)11(33,34)35/h(H,44,45)/t2-/m1/s1. The molecule has 0 aromatic rings. The van der Waals surface area contributed by atoms with Crippen LogP contribution in [0, 0.1) is 0 Å². The summed E-state index contributed by atoms with van der Waals surface area (Å²) in [6, 6.07) is -9.39. The second-order valence-corrected chi connectivity index (χ2v) is 10.1. The van der Waals surface area contributed by atoms with E-state index in [1.807, 2.05) is 0 Å². The topological polar surface area (TPSA) is 74.7 Å². The molecule has 1 atom stereocenters. The van der Waals surface area contributed by atoms with Crippen molar-refractivity contribution in [2.45, 2.75) is 77.1 Å². The average molecular weight is 811 g/mol. The minimum Gasteiger partial charge on any atom is -0.478 e. The van der Waals surface area contributed by atoms with E-state index in [-0.39, 0.29) is 0 Å². The fourth-order valence-corrected chi connectivity index (χ4v) is 4.17. The molecule has 0 aromatic carbocycles. The van der Waals surface area contributed by atoms with Crippen LogP contribution in [0.25, 0.3) is 0 Å². The van der Waals surface area contributed by atoms with Crippen LogP contribution in [0.3, 0.4) is 0 Å². The molecule has 0 aliphatic rings. The number of hydrogen-bond acceptors (Lipinski definition) is 3. The summed E-state index contributed by atoms with van der Waals surface area (Å²) in [7, 11) is -10.9. The van der Waals surface area contributed by atoms with Crippen molar-refractivity contribution in [1.82, 2.24) is 4.31 Å². The molecule has 0 aliphatic carbocycles. The van der Waals surface area contributed by atoms with Gasteiger partial charge >= 0.3 is 83.0 Å². The maximum atomic E-state index is 14.4. The summed E-state index contributed by atoms with van der Waals surface area (Å²) >= 11 is 0. The molecule has 0 bridgehead atoms. The number of rotatable bonds is 12. The normalized spacial score (nSPS) is 17.9. The zero-order valence-electron chi connectivity index (χ0n) is 20.1. The first kappa shape index (κ1) is 45.4. The fourth-order valence-electron chi connectivity index (χ4n) is 2.56. The lowest BCUT2D eigenvalue weighted by atomic mass is 9.91. The molecule has 0 amide bonds. The molecule has 1 N–H and O–H groups in total. The predicted molar refractivity (Wildman–Crippen MR) is 84.9 cm³/mol. The third kappa shape index (κ3) is 5.39. The van der Waals surface area contributed by atoms with Crippen molar-refractivity contribution < 1.29 is 141 Å². The maximum absolute atomic E-state index is 14.4. The van der Waals surface area contributed by atoms with Crippen molar-refractivity contribution in [2.24, 2.45) is 0 Å². The minimum atomic E-state index is -10.9. The average Bonchev–Trinajstić information content (AvgIpc) is 2.80. The van der Waals surface area contributed by atoms with Gasteiger partial charge in [0.05, 0.1) is 0 Å². The number of alkyl halides is 28. The highest BCUT2D eigenvalue weighted by molar-refractivity contribution is 7.90. The Hall–Kier alpha value is -2.58. The Labute approximate surface area is 240 Å². The van der Waals surface area contributed by atoms with Crippen molar-refractivity contribution in [3.63, 3.8) is 0 Å². The van der Waals surface area contributed by atoms with Crippen molar-refractivity contribution >= 4 is 16.0 Å². The molecule has 48 heavy (non-hydrogen) atoms. The number of halogens is 28. The van der Waals surface area contributed by atoms with Crippen LogP contribution in [0.2, 0.25) is 0 Å². The molecule has 0 aliphatic heterocycles. The van der Waals surface area contributed by atoms with Gasteiger partial charge in [0, 0.05) is 0 Å². The van der Waals surface area contributed by atoms with E-state index in [2.05, 4.69) is 0 Å². The lowest BCUT2D eigenvalue weighted by Gasteiger charge is -2.45. The number of hydrogen-bond donors (Lipinski definition) is 1. The summed E-state index contributed by atoms with van der Waals surface area (Å²) in [6.45, 7) is 0. The Morgan fingerprint density at radius 3 is 0.875 bits per heavy atom. The number of nitrogens with zero attached hydrogens (tertiary/aromatic N) is 1. The zero-order chi connectivity index (χ0) is 40.2. The van der Waals surface area contributed by atoms with Crippen molar-refractivity contribution in [1.29, 1.82) is 0 Å². The SMILES string of the molecule is O=C(O)[C@@](F)(N(C(F)(F)C(F)(F)C(F)(F)F)S(=O)(=O)C(F)(F)C(F)(F)C(F)(F)C(F)(F)C(F)(F)C(F)(F)C(F)(F)C(F)(F)F)C(F)(F)F. The lowest BCUT2D eigenvalue weighted by Crippen LogP contribution is -2.78. The first-order valence-corrected chi connectivity index (χ1v) is 11.1. The quantitative estimate of drug-likeness (QED) is 0.162. The van der Waals surface area contributed by atoms with Gasteiger partial charge in [0.25, 0.3) is 10.0 Å². The number of carboxylic acid groups (broad SMARTS) is 1. The molecule has 0 spiro atoms. The summed E-state index contributed by atoms with van der Waals surface area (Å²) in [5.41, 5.74) is 0. The summed E-state index contributed by atoms with van der Waals surface area (Å²) < 4.78 is 390. The van der Waals surface area contributed by atoms with E-state index >= 15 is 0 Å². The zero-order valence-corrected chi connectivity index (χ0v) is 20.9. The van der Waals surface area contributed by atoms with Crippen LogP contribution >= 0.6 is 0 Å². The van der Waals surface area contributed by atoms with Crippen molar-refractivity contribution in [3.8, 4) is 0 Å². The van der Waals surface area contributed by atoms with Gasteiger partial charge in [0.2, 0.25) is 0 Å². The number of carboxylic acids is 1. The fraction of sp³-hybridized carbons (Fsp3) is 0.929. The van der Waals surface area contributed by atoms with Crippen LogP contribution in [0.4, 0.5) is 123 Å². The van der Waals surface area contributed by atoms with E-state index in [0.717, 1.165) is 0 Å². The Kier molecular flexibility index (Phi) is 10.4. The molecule has 0 aromatic heterocycles. The molecule has 34 heteroatoms. The van der Waals surface area contributed by atoms with Crippen LogP contribution in [0.5, 0.6) is 0 Å². The first-order chi connectivity index (χ1) is 20.1. The van der Waals surface area contributed by atoms with Gasteiger partial charge in [-0.2, -0.15) is 119 Å². The third-order valence-electron chi connectivity index (χ3n) is 5.19. The van der Waals surface area contributed by atoms with Gasteiger partial charge < -0.3 is 5.11 Å². The highest BCUT2D eigenvalue weighted by Gasteiger charge is 2.98. The van der Waals surface area contributed by atoms with E-state index in [0.29, 0.717) is 0 Å². The molecule has 5 nitrogen and oxygen atoms in total. The minimum absolute atomic E-state index is 5.44. The number of sulfonamides is 1. The van der Waals surface area contributed by atoms with Crippen LogP contribution in [-0.4, -0.2) is 101 Å². The summed E-state index contributed by atoms with van der Waals surface area (Å²) in [5, 5.41) is -1.74. The Morgan fingerprint density at radius 1 is 0.396 bits per heavy atom. The number of aliphatic carboxylic acids is 1. The van der Waals surface area contributed by atoms with Crippen LogP contribution < -0.4 is 0 Å². The van der Waals surface area contributed by atoms with Gasteiger partial charge in [-0.3, -0.25) is 0 Å². The molecule has 0 unspecified atom stereocenters. The van der Waals surface area contributed by atoms with E-state index in [9.17, 15) is 136 Å². The Morgan fingerprint density at radius 2 is 0.646 bits per heavy atom. The molecule has 0 fully saturated rings. The lowest BCUT2D eigenvalue weighted by molar-refractivity contribution is -0.458. The molecule has 288 valence electrons. The van der Waals surface area contributed by atoms with Gasteiger partial charge in [-0.05, 0) is 0 Å². The van der Waals surface area contributed by atoms with Crippen molar-refractivity contribution in [3.05, 3.63) is 0 Å². The smallest absolute Gasteiger partial charge is 0.461 e. The molecule has 0 saturated carbocycles. The molecule has 0 rings (SSSR count). The van der Waals surface area contributed by atoms with E-state index in [1.54, 1.807) is 0 Å². The molecular formula is C14HF28NO4S. The highest BCUT2D eigenvalue weighted by atomic mass is 32.2. The van der Waals surface area contributed by atoms with Gasteiger partial charge in [-0.25, -0.2) is 17.6 Å². The molecule has 0 radical (unpaired) electrons. The second-order valence-electron chi connectivity index (χ2n) is 8.27. The van der Waals surface area contributed by atoms with Crippen molar-refractivity contribution in [2.75, 3.05) is 0 Å².